The molecule has 1 aliphatic heterocycles. The Kier molecular flexibility index (Phi) is 12.0. The Balaban J connectivity index is 0.00000468. The van der Waals surface area contributed by atoms with Gasteiger partial charge < -0.3 is 43.1 Å². The number of piperidine rings is 1. The van der Waals surface area contributed by atoms with Crippen molar-refractivity contribution in [1.29, 1.82) is 0 Å². The van der Waals surface area contributed by atoms with Crippen LogP contribution in [0.1, 0.15) is 45.6 Å². The Bertz CT molecular complexity index is 1720. The van der Waals surface area contributed by atoms with Crippen molar-refractivity contribution >= 4 is 29.1 Å². The van der Waals surface area contributed by atoms with Gasteiger partial charge in [0.2, 0.25) is 0 Å². The highest BCUT2D eigenvalue weighted by Crippen LogP contribution is 2.29. The van der Waals surface area contributed by atoms with Crippen LogP contribution in [0.3, 0.4) is 0 Å². The number of aromatic nitrogens is 2. The fourth-order valence-electron chi connectivity index (χ4n) is 6.29. The summed E-state index contributed by atoms with van der Waals surface area (Å²) in [6, 6.07) is 36.8. The second kappa shape index (κ2) is 16.5. The van der Waals surface area contributed by atoms with E-state index in [0.717, 1.165) is 66.1 Å². The molecule has 0 spiro atoms. The average molecular weight is 700 g/mol. The molecular formula is C38H40Cl2N6O3. The molecule has 2 heterocycles. The van der Waals surface area contributed by atoms with Gasteiger partial charge in [0.1, 0.15) is 37.8 Å². The number of nitrogen functional groups attached to an aromatic ring is 2. The summed E-state index contributed by atoms with van der Waals surface area (Å²) in [5.74, 6) is 1.18. The maximum Gasteiger partial charge on any atom is 0.274 e. The lowest BCUT2D eigenvalue weighted by Crippen LogP contribution is -3.00. The molecule has 6 rings (SSSR count). The molecule has 1 fully saturated rings. The lowest BCUT2D eigenvalue weighted by atomic mass is 9.99. The predicted molar refractivity (Wildman–Crippen MR) is 188 cm³/mol. The van der Waals surface area contributed by atoms with E-state index in [1.165, 1.54) is 11.1 Å². The lowest BCUT2D eigenvalue weighted by Gasteiger charge is -2.45. The molecule has 1 atom stereocenters. The zero-order valence-electron chi connectivity index (χ0n) is 27.1. The van der Waals surface area contributed by atoms with Gasteiger partial charge in [-0.25, -0.2) is 9.97 Å². The summed E-state index contributed by atoms with van der Waals surface area (Å²) < 4.78 is 12.8. The van der Waals surface area contributed by atoms with Gasteiger partial charge in [-0.2, -0.15) is 0 Å². The summed E-state index contributed by atoms with van der Waals surface area (Å²) >= 11 is 6.07. The van der Waals surface area contributed by atoms with E-state index in [-0.39, 0.29) is 40.9 Å². The number of quaternary nitrogens is 1. The molecule has 11 heteroatoms. The van der Waals surface area contributed by atoms with Crippen molar-refractivity contribution in [1.82, 2.24) is 15.3 Å². The Morgan fingerprint density at radius 2 is 1.24 bits per heavy atom. The van der Waals surface area contributed by atoms with Crippen LogP contribution >= 0.6 is 11.6 Å². The molecule has 1 saturated heterocycles. The molecule has 5 aromatic rings. The van der Waals surface area contributed by atoms with Crippen LogP contribution in [-0.4, -0.2) is 39.5 Å². The number of carbonyl (C=O) groups is 1. The van der Waals surface area contributed by atoms with Gasteiger partial charge in [-0.1, -0.05) is 72.3 Å². The Labute approximate surface area is 298 Å². The zero-order chi connectivity index (χ0) is 33.3. The number of halogens is 2. The van der Waals surface area contributed by atoms with E-state index < -0.39 is 5.91 Å². The highest BCUT2D eigenvalue weighted by Gasteiger charge is 2.37. The number of anilines is 2. The quantitative estimate of drug-likeness (QED) is 0.170. The molecule has 5 N–H and O–H groups in total. The first-order valence-electron chi connectivity index (χ1n) is 16.1. The maximum atomic E-state index is 13.3. The number of nitrogens with one attached hydrogen (secondary N) is 1. The molecule has 0 saturated carbocycles. The molecule has 0 bridgehead atoms. The van der Waals surface area contributed by atoms with Crippen LogP contribution in [0.25, 0.3) is 0 Å². The van der Waals surface area contributed by atoms with Crippen molar-refractivity contribution in [3.05, 3.63) is 142 Å². The first-order chi connectivity index (χ1) is 23.3. The molecule has 4 aromatic carbocycles. The van der Waals surface area contributed by atoms with Crippen LogP contribution in [0.2, 0.25) is 5.15 Å². The smallest absolute Gasteiger partial charge is 0.274 e. The average Bonchev–Trinajstić information content (AvgIpc) is 3.10. The monoisotopic (exact) mass is 698 g/mol. The van der Waals surface area contributed by atoms with Gasteiger partial charge in [0.05, 0.1) is 19.1 Å². The molecular weight excluding hydrogens is 659 g/mol. The van der Waals surface area contributed by atoms with E-state index in [1.807, 2.05) is 60.7 Å². The van der Waals surface area contributed by atoms with Crippen molar-refractivity contribution in [2.45, 2.75) is 45.2 Å². The van der Waals surface area contributed by atoms with Crippen LogP contribution in [-0.2, 0) is 26.3 Å². The molecule has 0 radical (unpaired) electrons. The number of rotatable bonds is 12. The third-order valence-corrected chi connectivity index (χ3v) is 8.91. The predicted octanol–water partition coefficient (Wildman–Crippen LogP) is 3.57. The van der Waals surface area contributed by atoms with E-state index in [0.29, 0.717) is 13.2 Å². The van der Waals surface area contributed by atoms with Crippen molar-refractivity contribution < 1.29 is 31.2 Å². The first kappa shape index (κ1) is 35.5. The van der Waals surface area contributed by atoms with Gasteiger partial charge >= 0.3 is 0 Å². The van der Waals surface area contributed by atoms with E-state index >= 15 is 0 Å². The summed E-state index contributed by atoms with van der Waals surface area (Å²) in [5.41, 5.74) is 16.3. The van der Waals surface area contributed by atoms with E-state index in [9.17, 15) is 4.79 Å². The summed E-state index contributed by atoms with van der Waals surface area (Å²) in [6.45, 7) is 4.28. The lowest BCUT2D eigenvalue weighted by molar-refractivity contribution is -0.958. The number of ether oxygens (including phenoxy) is 2. The molecule has 254 valence electrons. The number of benzene rings is 4. The number of amides is 1. The SMILES string of the molecule is Nc1nc(N)c(C(=O)N[C@H]2CCC[N+](Cc3ccc(OCc4ccccc4)cc3)(Cc3ccc(OCc4ccccc4)cc3)C2)nc1Cl.[Cl-]. The highest BCUT2D eigenvalue weighted by molar-refractivity contribution is 6.31. The van der Waals surface area contributed by atoms with Crippen LogP contribution in [0.4, 0.5) is 11.6 Å². The number of likely N-dealkylation sites (tertiary alicyclic amines) is 1. The number of hydrogen-bond donors (Lipinski definition) is 3. The van der Waals surface area contributed by atoms with E-state index in [4.69, 9.17) is 32.5 Å². The minimum atomic E-state index is -0.410. The third-order valence-electron chi connectivity index (χ3n) is 8.63. The summed E-state index contributed by atoms with van der Waals surface area (Å²) in [7, 11) is 0. The minimum absolute atomic E-state index is 0. The maximum absolute atomic E-state index is 13.3. The van der Waals surface area contributed by atoms with Gasteiger partial charge in [0.15, 0.2) is 22.5 Å². The van der Waals surface area contributed by atoms with Crippen molar-refractivity contribution in [2.75, 3.05) is 24.6 Å². The van der Waals surface area contributed by atoms with Crippen molar-refractivity contribution in [3.8, 4) is 11.5 Å². The van der Waals surface area contributed by atoms with Gasteiger partial charge in [-0.05, 0) is 72.5 Å². The van der Waals surface area contributed by atoms with Crippen molar-refractivity contribution in [3.63, 3.8) is 0 Å². The van der Waals surface area contributed by atoms with Gasteiger partial charge in [-0.15, -0.1) is 0 Å². The van der Waals surface area contributed by atoms with E-state index in [2.05, 4.69) is 63.8 Å². The number of nitrogens with zero attached hydrogens (tertiary/aromatic N) is 3. The summed E-state index contributed by atoms with van der Waals surface area (Å²) in [5, 5.41) is 3.11. The fraction of sp³-hybridized carbons (Fsp3) is 0.237. The summed E-state index contributed by atoms with van der Waals surface area (Å²) in [4.78, 5) is 21.4. The van der Waals surface area contributed by atoms with Crippen molar-refractivity contribution in [2.24, 2.45) is 0 Å². The second-order valence-corrected chi connectivity index (χ2v) is 12.7. The molecule has 1 amide bonds. The molecule has 1 aromatic heterocycles. The first-order valence-corrected chi connectivity index (χ1v) is 16.5. The van der Waals surface area contributed by atoms with Crippen LogP contribution in [0, 0.1) is 0 Å². The highest BCUT2D eigenvalue weighted by atomic mass is 35.5. The summed E-state index contributed by atoms with van der Waals surface area (Å²) in [6.07, 6.45) is 1.77. The Morgan fingerprint density at radius 3 is 1.76 bits per heavy atom. The largest absolute Gasteiger partial charge is 1.00 e. The van der Waals surface area contributed by atoms with E-state index in [1.54, 1.807) is 0 Å². The normalized spacial score (nSPS) is 15.1. The van der Waals surface area contributed by atoms with Gasteiger partial charge in [-0.3, -0.25) is 4.79 Å². The number of hydrogen-bond acceptors (Lipinski definition) is 7. The van der Waals surface area contributed by atoms with Crippen LogP contribution in [0.5, 0.6) is 11.5 Å². The molecule has 49 heavy (non-hydrogen) atoms. The molecule has 1 aliphatic rings. The minimum Gasteiger partial charge on any atom is -1.00 e. The molecule has 0 unspecified atom stereocenters. The molecule has 0 aliphatic carbocycles. The third kappa shape index (κ3) is 9.63. The van der Waals surface area contributed by atoms with Crippen LogP contribution in [0.15, 0.2) is 109 Å². The topological polar surface area (TPSA) is 125 Å². The number of carbonyl (C=O) groups excluding carboxylic acids is 1. The molecule has 9 nitrogen and oxygen atoms in total. The second-order valence-electron chi connectivity index (χ2n) is 12.3. The number of nitrogens with two attached hydrogens (primary N) is 2. The standard InChI is InChI=1S/C38H39ClN6O3.ClH/c39-35-37(41)44-36(40)34(43-35)38(46)42-31-12-7-21-45(24-31,22-27-13-17-32(18-14-27)47-25-29-8-3-1-4-9-29)23-28-15-19-33(20-16-28)48-26-30-10-5-2-6-11-30;/h1-6,8-11,13-20,31H,7,12,21-26H2,(H4-,40,41,42,44,46);1H/t31-;/m0./s1. The Hall–Kier alpha value is -4.83. The van der Waals surface area contributed by atoms with Gasteiger partial charge in [0.25, 0.3) is 5.91 Å². The zero-order valence-corrected chi connectivity index (χ0v) is 28.6. The van der Waals surface area contributed by atoms with Crippen LogP contribution < -0.4 is 38.7 Å². The fourth-order valence-corrected chi connectivity index (χ4v) is 6.41. The Morgan fingerprint density at radius 1 is 0.735 bits per heavy atom. The van der Waals surface area contributed by atoms with Gasteiger partial charge in [0, 0.05) is 11.1 Å².